The Morgan fingerprint density at radius 2 is 2.22 bits per heavy atom. The van der Waals surface area contributed by atoms with E-state index in [2.05, 4.69) is 5.10 Å². The lowest BCUT2D eigenvalue weighted by Gasteiger charge is -2.15. The monoisotopic (exact) mass is 244 g/mol. The summed E-state index contributed by atoms with van der Waals surface area (Å²) in [4.78, 5) is 0. The van der Waals surface area contributed by atoms with E-state index in [0.717, 1.165) is 5.69 Å². The first-order valence-electron chi connectivity index (χ1n) is 5.73. The van der Waals surface area contributed by atoms with Gasteiger partial charge in [-0.15, -0.1) is 0 Å². The number of benzene rings is 1. The minimum Gasteiger partial charge on any atom is -0.490 e. The first kappa shape index (κ1) is 12.2. The molecule has 0 radical (unpaired) electrons. The maximum Gasteiger partial charge on any atom is 0.132 e. The molecule has 1 heterocycles. The molecule has 3 N–H and O–H groups in total. The summed E-state index contributed by atoms with van der Waals surface area (Å²) in [6.07, 6.45) is 3.58. The van der Waals surface area contributed by atoms with Crippen LogP contribution in [-0.2, 0) is 0 Å². The van der Waals surface area contributed by atoms with E-state index in [9.17, 15) is 0 Å². The molecule has 0 amide bonds. The smallest absolute Gasteiger partial charge is 0.132 e. The van der Waals surface area contributed by atoms with Gasteiger partial charge >= 0.3 is 0 Å². The van der Waals surface area contributed by atoms with Crippen molar-refractivity contribution in [3.63, 3.8) is 0 Å². The highest BCUT2D eigenvalue weighted by Gasteiger charge is 2.10. The third-order valence-corrected chi connectivity index (χ3v) is 2.39. The summed E-state index contributed by atoms with van der Waals surface area (Å²) in [7, 11) is 0. The number of nitrogens with two attached hydrogens (primary N) is 1. The predicted molar refractivity (Wildman–Crippen MR) is 70.3 cm³/mol. The van der Waals surface area contributed by atoms with E-state index < -0.39 is 0 Å². The highest BCUT2D eigenvalue weighted by atomic mass is 16.5. The zero-order chi connectivity index (χ0) is 13.1. The van der Waals surface area contributed by atoms with Crippen LogP contribution in [0.25, 0.3) is 5.69 Å². The number of hydrogen-bond donors (Lipinski definition) is 2. The Bertz CT molecular complexity index is 546. The first-order chi connectivity index (χ1) is 8.58. The number of aromatic nitrogens is 2. The van der Waals surface area contributed by atoms with Gasteiger partial charge in [0.05, 0.1) is 17.4 Å². The van der Waals surface area contributed by atoms with Gasteiger partial charge in [0.2, 0.25) is 0 Å². The minimum atomic E-state index is -0.00216. The SMILES string of the molecule is CC(C)Oc1cc(-n2cccn2)ccc1C(=N)N. The van der Waals surface area contributed by atoms with Gasteiger partial charge in [-0.3, -0.25) is 5.41 Å². The summed E-state index contributed by atoms with van der Waals surface area (Å²) in [6, 6.07) is 7.32. The molecule has 5 heteroatoms. The highest BCUT2D eigenvalue weighted by Crippen LogP contribution is 2.23. The molecule has 1 aromatic carbocycles. The van der Waals surface area contributed by atoms with Crippen LogP contribution in [0.3, 0.4) is 0 Å². The Hall–Kier alpha value is -2.30. The van der Waals surface area contributed by atoms with E-state index in [-0.39, 0.29) is 11.9 Å². The van der Waals surface area contributed by atoms with Crippen molar-refractivity contribution in [3.05, 3.63) is 42.2 Å². The van der Waals surface area contributed by atoms with E-state index in [1.807, 2.05) is 38.2 Å². The average molecular weight is 244 g/mol. The van der Waals surface area contributed by atoms with Crippen molar-refractivity contribution in [1.29, 1.82) is 5.41 Å². The molecule has 0 spiro atoms. The number of rotatable bonds is 4. The molecule has 18 heavy (non-hydrogen) atoms. The molecule has 2 rings (SSSR count). The summed E-state index contributed by atoms with van der Waals surface area (Å²) in [5, 5.41) is 11.7. The molecular formula is C13H16N4O. The van der Waals surface area contributed by atoms with Crippen LogP contribution in [0.15, 0.2) is 36.7 Å². The van der Waals surface area contributed by atoms with Crippen molar-refractivity contribution >= 4 is 5.84 Å². The van der Waals surface area contributed by atoms with Gasteiger partial charge in [0, 0.05) is 18.5 Å². The van der Waals surface area contributed by atoms with Crippen LogP contribution in [0, 0.1) is 5.41 Å². The van der Waals surface area contributed by atoms with Crippen LogP contribution < -0.4 is 10.5 Å². The number of amidine groups is 1. The second-order valence-electron chi connectivity index (χ2n) is 4.21. The Morgan fingerprint density at radius 3 is 2.78 bits per heavy atom. The zero-order valence-corrected chi connectivity index (χ0v) is 10.4. The van der Waals surface area contributed by atoms with Gasteiger partial charge in [0.15, 0.2) is 0 Å². The summed E-state index contributed by atoms with van der Waals surface area (Å²) in [5.74, 6) is 0.600. The molecule has 5 nitrogen and oxygen atoms in total. The molecule has 0 unspecified atom stereocenters. The normalized spacial score (nSPS) is 10.6. The van der Waals surface area contributed by atoms with Crippen LogP contribution >= 0.6 is 0 Å². The van der Waals surface area contributed by atoms with Gasteiger partial charge in [-0.05, 0) is 32.0 Å². The number of ether oxygens (including phenoxy) is 1. The summed E-state index contributed by atoms with van der Waals surface area (Å²) >= 11 is 0. The van der Waals surface area contributed by atoms with Crippen LogP contribution in [0.2, 0.25) is 0 Å². The lowest BCUT2D eigenvalue weighted by Crippen LogP contribution is -2.16. The molecule has 0 aliphatic rings. The minimum absolute atomic E-state index is 0.00216. The van der Waals surface area contributed by atoms with Crippen molar-refractivity contribution in [3.8, 4) is 11.4 Å². The Morgan fingerprint density at radius 1 is 1.44 bits per heavy atom. The molecule has 2 aromatic rings. The molecule has 0 aliphatic heterocycles. The van der Waals surface area contributed by atoms with E-state index in [4.69, 9.17) is 15.9 Å². The topological polar surface area (TPSA) is 76.9 Å². The third-order valence-electron chi connectivity index (χ3n) is 2.39. The second-order valence-corrected chi connectivity index (χ2v) is 4.21. The molecule has 1 aromatic heterocycles. The van der Waals surface area contributed by atoms with E-state index >= 15 is 0 Å². The van der Waals surface area contributed by atoms with Crippen molar-refractivity contribution in [2.45, 2.75) is 20.0 Å². The maximum absolute atomic E-state index is 7.54. The summed E-state index contributed by atoms with van der Waals surface area (Å²) in [5.41, 5.74) is 7.01. The van der Waals surface area contributed by atoms with Crippen LogP contribution in [0.5, 0.6) is 5.75 Å². The molecule has 0 aliphatic carbocycles. The standard InChI is InChI=1S/C13H16N4O/c1-9(2)18-12-8-10(17-7-3-6-16-17)4-5-11(12)13(14)15/h3-9H,1-2H3,(H3,14,15). The number of nitrogen functional groups attached to an aromatic ring is 1. The predicted octanol–water partition coefficient (Wildman–Crippen LogP) is 1.94. The lowest BCUT2D eigenvalue weighted by molar-refractivity contribution is 0.242. The number of hydrogen-bond acceptors (Lipinski definition) is 3. The molecule has 0 bridgehead atoms. The third kappa shape index (κ3) is 2.51. The Labute approximate surface area is 106 Å². The molecule has 94 valence electrons. The van der Waals surface area contributed by atoms with Crippen molar-refractivity contribution < 1.29 is 4.74 Å². The maximum atomic E-state index is 7.54. The largest absolute Gasteiger partial charge is 0.490 e. The average Bonchev–Trinajstić information content (AvgIpc) is 2.81. The van der Waals surface area contributed by atoms with Crippen molar-refractivity contribution in [1.82, 2.24) is 9.78 Å². The van der Waals surface area contributed by atoms with E-state index in [1.54, 1.807) is 16.9 Å². The molecule has 0 fully saturated rings. The fourth-order valence-electron chi connectivity index (χ4n) is 1.65. The van der Waals surface area contributed by atoms with E-state index in [1.165, 1.54) is 0 Å². The van der Waals surface area contributed by atoms with Gasteiger partial charge in [0.1, 0.15) is 11.6 Å². The fourth-order valence-corrected chi connectivity index (χ4v) is 1.65. The zero-order valence-electron chi connectivity index (χ0n) is 10.4. The number of nitrogens with one attached hydrogen (secondary N) is 1. The number of nitrogens with zero attached hydrogens (tertiary/aromatic N) is 2. The van der Waals surface area contributed by atoms with Crippen LogP contribution in [0.4, 0.5) is 0 Å². The van der Waals surface area contributed by atoms with Gasteiger partial charge < -0.3 is 10.5 Å². The highest BCUT2D eigenvalue weighted by molar-refractivity contribution is 5.97. The Balaban J connectivity index is 2.45. The molecule has 0 saturated carbocycles. The summed E-state index contributed by atoms with van der Waals surface area (Å²) < 4.78 is 7.42. The van der Waals surface area contributed by atoms with Crippen molar-refractivity contribution in [2.75, 3.05) is 0 Å². The molecule has 0 saturated heterocycles. The van der Waals surface area contributed by atoms with Gasteiger partial charge in [-0.2, -0.15) is 5.10 Å². The first-order valence-corrected chi connectivity index (χ1v) is 5.73. The van der Waals surface area contributed by atoms with Crippen molar-refractivity contribution in [2.24, 2.45) is 5.73 Å². The van der Waals surface area contributed by atoms with Gasteiger partial charge in [-0.25, -0.2) is 4.68 Å². The molecule has 0 atom stereocenters. The van der Waals surface area contributed by atoms with E-state index in [0.29, 0.717) is 11.3 Å². The lowest BCUT2D eigenvalue weighted by atomic mass is 10.1. The van der Waals surface area contributed by atoms with Crippen LogP contribution in [-0.4, -0.2) is 21.7 Å². The Kier molecular flexibility index (Phi) is 3.32. The second kappa shape index (κ2) is 4.91. The summed E-state index contributed by atoms with van der Waals surface area (Å²) in [6.45, 7) is 3.87. The van der Waals surface area contributed by atoms with Gasteiger partial charge in [0.25, 0.3) is 0 Å². The molecular weight excluding hydrogens is 228 g/mol. The quantitative estimate of drug-likeness (QED) is 0.637. The fraction of sp³-hybridized carbons (Fsp3) is 0.231. The van der Waals surface area contributed by atoms with Crippen LogP contribution in [0.1, 0.15) is 19.4 Å². The van der Waals surface area contributed by atoms with Gasteiger partial charge in [-0.1, -0.05) is 0 Å².